The van der Waals surface area contributed by atoms with Gasteiger partial charge < -0.3 is 5.11 Å². The van der Waals surface area contributed by atoms with Crippen LogP contribution in [0.4, 0.5) is 0 Å². The van der Waals surface area contributed by atoms with E-state index in [4.69, 9.17) is 16.7 Å². The Bertz CT molecular complexity index is 736. The Morgan fingerprint density at radius 1 is 1.17 bits per heavy atom. The lowest BCUT2D eigenvalue weighted by molar-refractivity contribution is 0.0696. The third kappa shape index (κ3) is 3.80. The van der Waals surface area contributed by atoms with E-state index in [1.807, 2.05) is 24.3 Å². The molecule has 0 amide bonds. The molecule has 1 saturated heterocycles. The quantitative estimate of drug-likeness (QED) is 0.882. The first-order valence-electron chi connectivity index (χ1n) is 8.27. The van der Waals surface area contributed by atoms with Gasteiger partial charge in [-0.15, -0.1) is 0 Å². The van der Waals surface area contributed by atoms with Crippen molar-refractivity contribution in [2.75, 3.05) is 13.1 Å². The second-order valence-corrected chi connectivity index (χ2v) is 7.29. The minimum absolute atomic E-state index is 0.157. The second kappa shape index (κ2) is 6.96. The zero-order valence-electron chi connectivity index (χ0n) is 13.8. The van der Waals surface area contributed by atoms with E-state index in [2.05, 4.69) is 24.0 Å². The van der Waals surface area contributed by atoms with Crippen LogP contribution in [0.2, 0.25) is 5.02 Å². The first-order chi connectivity index (χ1) is 11.5. The minimum atomic E-state index is -0.871. The van der Waals surface area contributed by atoms with Gasteiger partial charge in [-0.3, -0.25) is 4.90 Å². The summed E-state index contributed by atoms with van der Waals surface area (Å²) in [4.78, 5) is 13.5. The molecule has 2 aromatic rings. The number of nitrogens with zero attached hydrogens (tertiary/aromatic N) is 1. The van der Waals surface area contributed by atoms with E-state index < -0.39 is 5.97 Å². The van der Waals surface area contributed by atoms with Crippen molar-refractivity contribution in [1.82, 2.24) is 4.90 Å². The summed E-state index contributed by atoms with van der Waals surface area (Å²) in [5, 5.41) is 9.90. The number of piperidine rings is 1. The van der Waals surface area contributed by atoms with Crippen LogP contribution in [0, 0.1) is 0 Å². The van der Waals surface area contributed by atoms with Crippen molar-refractivity contribution >= 4 is 17.6 Å². The molecule has 0 bridgehead atoms. The summed E-state index contributed by atoms with van der Waals surface area (Å²) in [6.07, 6.45) is 2.15. The minimum Gasteiger partial charge on any atom is -0.478 e. The molecule has 0 aliphatic carbocycles. The van der Waals surface area contributed by atoms with Crippen LogP contribution in [0.3, 0.4) is 0 Å². The fourth-order valence-corrected chi connectivity index (χ4v) is 3.61. The molecule has 126 valence electrons. The van der Waals surface area contributed by atoms with Gasteiger partial charge in [-0.05, 0) is 66.7 Å². The number of carboxylic acids is 1. The Labute approximate surface area is 147 Å². The first kappa shape index (κ1) is 17.0. The Morgan fingerprint density at radius 2 is 1.88 bits per heavy atom. The molecule has 24 heavy (non-hydrogen) atoms. The van der Waals surface area contributed by atoms with Crippen molar-refractivity contribution in [1.29, 1.82) is 0 Å². The van der Waals surface area contributed by atoms with Gasteiger partial charge in [0.2, 0.25) is 0 Å². The molecule has 0 radical (unpaired) electrons. The number of benzene rings is 2. The van der Waals surface area contributed by atoms with Gasteiger partial charge in [-0.1, -0.05) is 42.8 Å². The molecule has 0 saturated carbocycles. The molecule has 0 unspecified atom stereocenters. The zero-order valence-corrected chi connectivity index (χ0v) is 14.6. The van der Waals surface area contributed by atoms with Crippen molar-refractivity contribution in [3.05, 3.63) is 70.2 Å². The fourth-order valence-electron chi connectivity index (χ4n) is 3.42. The predicted molar refractivity (Wildman–Crippen MR) is 96.7 cm³/mol. The largest absolute Gasteiger partial charge is 0.478 e. The van der Waals surface area contributed by atoms with Crippen molar-refractivity contribution in [2.45, 2.75) is 31.7 Å². The number of aromatic carboxylic acids is 1. The summed E-state index contributed by atoms with van der Waals surface area (Å²) in [7, 11) is 0. The highest BCUT2D eigenvalue weighted by atomic mass is 35.5. The van der Waals surface area contributed by atoms with Crippen molar-refractivity contribution < 1.29 is 9.90 Å². The van der Waals surface area contributed by atoms with Crippen LogP contribution in [0.5, 0.6) is 0 Å². The van der Waals surface area contributed by atoms with E-state index >= 15 is 0 Å². The van der Waals surface area contributed by atoms with E-state index in [9.17, 15) is 4.79 Å². The van der Waals surface area contributed by atoms with Crippen LogP contribution in [0.25, 0.3) is 0 Å². The van der Waals surface area contributed by atoms with Gasteiger partial charge in [0.05, 0.1) is 5.56 Å². The number of likely N-dealkylation sites (tertiary alicyclic amines) is 1. The van der Waals surface area contributed by atoms with Gasteiger partial charge in [0.25, 0.3) is 0 Å². The lowest BCUT2D eigenvalue weighted by atomic mass is 9.74. The summed E-state index contributed by atoms with van der Waals surface area (Å²) < 4.78 is 0. The van der Waals surface area contributed by atoms with Crippen molar-refractivity contribution in [2.24, 2.45) is 0 Å². The molecular weight excluding hydrogens is 322 g/mol. The van der Waals surface area contributed by atoms with Gasteiger partial charge in [0, 0.05) is 11.6 Å². The smallest absolute Gasteiger partial charge is 0.335 e. The Hall–Kier alpha value is -1.84. The molecule has 0 aromatic heterocycles. The number of carbonyl (C=O) groups is 1. The SMILES string of the molecule is CC1(c2cccc(Cl)c2)CCN(Cc2cccc(C(=O)O)c2)CC1. The zero-order chi connectivity index (χ0) is 17.2. The predicted octanol–water partition coefficient (Wildman–Crippen LogP) is 4.59. The highest BCUT2D eigenvalue weighted by molar-refractivity contribution is 6.30. The number of hydrogen-bond donors (Lipinski definition) is 1. The van der Waals surface area contributed by atoms with E-state index in [-0.39, 0.29) is 5.41 Å². The number of hydrogen-bond acceptors (Lipinski definition) is 2. The number of rotatable bonds is 4. The maximum Gasteiger partial charge on any atom is 0.335 e. The molecule has 2 aromatic carbocycles. The van der Waals surface area contributed by atoms with Crippen LogP contribution < -0.4 is 0 Å². The summed E-state index contributed by atoms with van der Waals surface area (Å²) in [5.74, 6) is -0.871. The standard InChI is InChI=1S/C20H22ClNO2/c1-20(17-6-3-7-18(21)13-17)8-10-22(11-9-20)14-15-4-2-5-16(12-15)19(23)24/h2-7,12-13H,8-11,14H2,1H3,(H,23,24). The molecule has 1 aliphatic rings. The van der Waals surface area contributed by atoms with Crippen molar-refractivity contribution in [3.8, 4) is 0 Å². The molecule has 1 fully saturated rings. The monoisotopic (exact) mass is 343 g/mol. The maximum absolute atomic E-state index is 11.1. The summed E-state index contributed by atoms with van der Waals surface area (Å²) in [6, 6.07) is 15.4. The van der Waals surface area contributed by atoms with E-state index in [1.54, 1.807) is 12.1 Å². The average molecular weight is 344 g/mol. The van der Waals surface area contributed by atoms with Crippen LogP contribution in [-0.4, -0.2) is 29.1 Å². The number of carboxylic acid groups (broad SMARTS) is 1. The van der Waals surface area contributed by atoms with Crippen LogP contribution in [0.15, 0.2) is 48.5 Å². The molecule has 3 nitrogen and oxygen atoms in total. The van der Waals surface area contributed by atoms with Gasteiger partial charge in [-0.2, -0.15) is 0 Å². The first-order valence-corrected chi connectivity index (χ1v) is 8.65. The topological polar surface area (TPSA) is 40.5 Å². The van der Waals surface area contributed by atoms with Crippen LogP contribution >= 0.6 is 11.6 Å². The highest BCUT2D eigenvalue weighted by Gasteiger charge is 2.31. The second-order valence-electron chi connectivity index (χ2n) is 6.85. The maximum atomic E-state index is 11.1. The van der Waals surface area contributed by atoms with Crippen LogP contribution in [-0.2, 0) is 12.0 Å². The summed E-state index contributed by atoms with van der Waals surface area (Å²) >= 11 is 6.14. The molecular formula is C20H22ClNO2. The molecule has 1 N–H and O–H groups in total. The third-order valence-electron chi connectivity index (χ3n) is 5.06. The summed E-state index contributed by atoms with van der Waals surface area (Å²) in [6.45, 7) is 5.11. The molecule has 1 aliphatic heterocycles. The third-order valence-corrected chi connectivity index (χ3v) is 5.30. The van der Waals surface area contributed by atoms with E-state index in [0.717, 1.165) is 43.1 Å². The van der Waals surface area contributed by atoms with Gasteiger partial charge >= 0.3 is 5.97 Å². The summed E-state index contributed by atoms with van der Waals surface area (Å²) in [5.41, 5.74) is 2.88. The van der Waals surface area contributed by atoms with Gasteiger partial charge in [0.1, 0.15) is 0 Å². The van der Waals surface area contributed by atoms with E-state index in [1.165, 1.54) is 5.56 Å². The lowest BCUT2D eigenvalue weighted by Gasteiger charge is -2.40. The Morgan fingerprint density at radius 3 is 2.54 bits per heavy atom. The Kier molecular flexibility index (Phi) is 4.93. The van der Waals surface area contributed by atoms with Gasteiger partial charge in [-0.25, -0.2) is 4.79 Å². The van der Waals surface area contributed by atoms with Gasteiger partial charge in [0.15, 0.2) is 0 Å². The van der Waals surface area contributed by atoms with Crippen molar-refractivity contribution in [3.63, 3.8) is 0 Å². The molecule has 3 rings (SSSR count). The molecule has 4 heteroatoms. The lowest BCUT2D eigenvalue weighted by Crippen LogP contribution is -2.40. The molecule has 0 atom stereocenters. The molecule has 0 spiro atoms. The van der Waals surface area contributed by atoms with E-state index in [0.29, 0.717) is 5.56 Å². The average Bonchev–Trinajstić information content (AvgIpc) is 2.57. The normalized spacial score (nSPS) is 17.6. The highest BCUT2D eigenvalue weighted by Crippen LogP contribution is 2.36. The number of halogens is 1. The Balaban J connectivity index is 1.65. The van der Waals surface area contributed by atoms with Crippen LogP contribution in [0.1, 0.15) is 41.3 Å². The molecule has 1 heterocycles. The fraction of sp³-hybridized carbons (Fsp3) is 0.350.